The van der Waals surface area contributed by atoms with Crippen LogP contribution in [-0.4, -0.2) is 51.0 Å². The van der Waals surface area contributed by atoms with Gasteiger partial charge in [0.2, 0.25) is 4.96 Å². The molecule has 1 fully saturated rings. The fourth-order valence-corrected chi connectivity index (χ4v) is 4.18. The maximum absolute atomic E-state index is 5.41. The van der Waals surface area contributed by atoms with Gasteiger partial charge in [-0.3, -0.25) is 4.90 Å². The van der Waals surface area contributed by atoms with Crippen LogP contribution in [0, 0.1) is 0 Å². The molecule has 1 aliphatic heterocycles. The monoisotopic (exact) mass is 343 g/mol. The highest BCUT2D eigenvalue weighted by Gasteiger charge is 2.21. The van der Waals surface area contributed by atoms with Gasteiger partial charge in [-0.15, -0.1) is 10.2 Å². The number of ether oxygens (including phenoxy) is 1. The highest BCUT2D eigenvalue weighted by atomic mass is 32.1. The van der Waals surface area contributed by atoms with Gasteiger partial charge >= 0.3 is 0 Å². The fourth-order valence-electron chi connectivity index (χ4n) is 3.11. The van der Waals surface area contributed by atoms with Crippen molar-refractivity contribution < 1.29 is 4.74 Å². The maximum atomic E-state index is 5.41. The molecule has 0 radical (unpaired) electrons. The second-order valence-corrected chi connectivity index (χ2v) is 7.00. The first-order valence-electron chi connectivity index (χ1n) is 8.41. The van der Waals surface area contributed by atoms with Gasteiger partial charge < -0.3 is 4.74 Å². The number of rotatable bonds is 5. The number of aromatic nitrogens is 4. The largest absolute Gasteiger partial charge is 0.379 e. The smallest absolute Gasteiger partial charge is 0.234 e. The summed E-state index contributed by atoms with van der Waals surface area (Å²) < 4.78 is 7.33. The van der Waals surface area contributed by atoms with Crippen molar-refractivity contribution in [3.63, 3.8) is 0 Å². The molecule has 0 N–H and O–H groups in total. The van der Waals surface area contributed by atoms with E-state index in [-0.39, 0.29) is 0 Å². The zero-order valence-electron chi connectivity index (χ0n) is 13.8. The average Bonchev–Trinajstić information content (AvgIpc) is 3.20. The van der Waals surface area contributed by atoms with Crippen LogP contribution in [0.15, 0.2) is 30.3 Å². The van der Waals surface area contributed by atoms with E-state index in [0.717, 1.165) is 55.1 Å². The van der Waals surface area contributed by atoms with Crippen LogP contribution in [0.5, 0.6) is 0 Å². The molecule has 0 spiro atoms. The molecule has 7 heteroatoms. The molecule has 3 heterocycles. The normalized spacial score (nSPS) is 17.4. The van der Waals surface area contributed by atoms with Crippen LogP contribution in [0.3, 0.4) is 0 Å². The summed E-state index contributed by atoms with van der Waals surface area (Å²) in [4.78, 5) is 3.22. The molecule has 0 unspecified atom stereocenters. The lowest BCUT2D eigenvalue weighted by atomic mass is 9.97. The third-order valence-electron chi connectivity index (χ3n) is 4.45. The third kappa shape index (κ3) is 3.07. The number of hydrogen-bond donors (Lipinski definition) is 0. The molecule has 24 heavy (non-hydrogen) atoms. The fraction of sp³-hybridized carbons (Fsp3) is 0.471. The van der Waals surface area contributed by atoms with Crippen molar-refractivity contribution in [3.05, 3.63) is 46.7 Å². The van der Waals surface area contributed by atoms with Crippen LogP contribution in [0.2, 0.25) is 0 Å². The van der Waals surface area contributed by atoms with E-state index in [1.807, 2.05) is 4.52 Å². The topological polar surface area (TPSA) is 55.5 Å². The molecule has 4 rings (SSSR count). The lowest BCUT2D eigenvalue weighted by molar-refractivity contribution is 0.0328. The summed E-state index contributed by atoms with van der Waals surface area (Å²) in [6.07, 6.45) is 1.02. The van der Waals surface area contributed by atoms with Crippen LogP contribution in [0.25, 0.3) is 4.96 Å². The molecule has 0 amide bonds. The highest BCUT2D eigenvalue weighted by Crippen LogP contribution is 2.31. The minimum atomic E-state index is 0.314. The van der Waals surface area contributed by atoms with Gasteiger partial charge in [-0.2, -0.15) is 9.61 Å². The molecule has 0 bridgehead atoms. The van der Waals surface area contributed by atoms with Crippen molar-refractivity contribution in [1.82, 2.24) is 24.7 Å². The first-order valence-corrected chi connectivity index (χ1v) is 9.23. The van der Waals surface area contributed by atoms with Crippen LogP contribution in [-0.2, 0) is 11.3 Å². The van der Waals surface area contributed by atoms with Crippen molar-refractivity contribution in [2.45, 2.75) is 25.8 Å². The standard InChI is InChI=1S/C17H21N5OS/c1-2-14(13-6-4-3-5-7-13)16-20-22-15(18-19-17(22)24-16)12-21-8-10-23-11-9-21/h3-7,14H,2,8-12H2,1H3/t14-/m1/s1. The molecule has 6 nitrogen and oxygen atoms in total. The minimum Gasteiger partial charge on any atom is -0.379 e. The Bertz CT molecular complexity index is 794. The summed E-state index contributed by atoms with van der Waals surface area (Å²) in [7, 11) is 0. The van der Waals surface area contributed by atoms with Gasteiger partial charge in [0, 0.05) is 19.0 Å². The zero-order valence-corrected chi connectivity index (χ0v) is 14.6. The summed E-state index contributed by atoms with van der Waals surface area (Å²) in [6, 6.07) is 10.6. The van der Waals surface area contributed by atoms with Crippen molar-refractivity contribution in [2.75, 3.05) is 26.3 Å². The molecular formula is C17H21N5OS. The molecule has 1 aliphatic rings. The first-order chi connectivity index (χ1) is 11.8. The van der Waals surface area contributed by atoms with E-state index in [1.54, 1.807) is 11.3 Å². The van der Waals surface area contributed by atoms with E-state index < -0.39 is 0 Å². The van der Waals surface area contributed by atoms with Crippen LogP contribution < -0.4 is 0 Å². The lowest BCUT2D eigenvalue weighted by Crippen LogP contribution is -2.36. The Labute approximate surface area is 145 Å². The van der Waals surface area contributed by atoms with Gasteiger partial charge in [-0.05, 0) is 12.0 Å². The van der Waals surface area contributed by atoms with E-state index in [2.05, 4.69) is 52.4 Å². The molecular weight excluding hydrogens is 322 g/mol. The van der Waals surface area contributed by atoms with Gasteiger partial charge in [-0.1, -0.05) is 48.6 Å². The Morgan fingerprint density at radius 1 is 1.17 bits per heavy atom. The molecule has 1 saturated heterocycles. The van der Waals surface area contributed by atoms with Gasteiger partial charge in [0.25, 0.3) is 0 Å². The second-order valence-electron chi connectivity index (χ2n) is 6.01. The van der Waals surface area contributed by atoms with Crippen molar-refractivity contribution in [2.24, 2.45) is 0 Å². The third-order valence-corrected chi connectivity index (χ3v) is 5.46. The second kappa shape index (κ2) is 6.96. The zero-order chi connectivity index (χ0) is 16.4. The molecule has 1 aromatic carbocycles. The van der Waals surface area contributed by atoms with E-state index in [9.17, 15) is 0 Å². The Balaban J connectivity index is 1.61. The Hall–Kier alpha value is -1.83. The maximum Gasteiger partial charge on any atom is 0.234 e. The molecule has 0 aliphatic carbocycles. The van der Waals surface area contributed by atoms with Gasteiger partial charge in [0.1, 0.15) is 5.01 Å². The molecule has 2 aromatic heterocycles. The predicted molar refractivity (Wildman–Crippen MR) is 93.3 cm³/mol. The highest BCUT2D eigenvalue weighted by molar-refractivity contribution is 7.16. The van der Waals surface area contributed by atoms with Crippen molar-refractivity contribution in [3.8, 4) is 0 Å². The molecule has 1 atom stereocenters. The van der Waals surface area contributed by atoms with E-state index in [0.29, 0.717) is 5.92 Å². The molecule has 126 valence electrons. The predicted octanol–water partition coefficient (Wildman–Crippen LogP) is 2.56. The van der Waals surface area contributed by atoms with Gasteiger partial charge in [-0.25, -0.2) is 0 Å². The minimum absolute atomic E-state index is 0.314. The summed E-state index contributed by atoms with van der Waals surface area (Å²) >= 11 is 1.64. The number of benzene rings is 1. The van der Waals surface area contributed by atoms with Crippen molar-refractivity contribution >= 4 is 16.3 Å². The Kier molecular flexibility index (Phi) is 4.55. The van der Waals surface area contributed by atoms with Gasteiger partial charge in [0.15, 0.2) is 5.82 Å². The average molecular weight is 343 g/mol. The number of hydrogen-bond acceptors (Lipinski definition) is 6. The summed E-state index contributed by atoms with van der Waals surface area (Å²) in [5.41, 5.74) is 1.31. The summed E-state index contributed by atoms with van der Waals surface area (Å²) in [5, 5.41) is 14.6. The molecule has 0 saturated carbocycles. The van der Waals surface area contributed by atoms with E-state index in [1.165, 1.54) is 5.56 Å². The van der Waals surface area contributed by atoms with Crippen LogP contribution >= 0.6 is 11.3 Å². The first kappa shape index (κ1) is 15.7. The SMILES string of the molecule is CC[C@H](c1ccccc1)c1nn2c(CN3CCOCC3)nnc2s1. The summed E-state index contributed by atoms with van der Waals surface area (Å²) in [6.45, 7) is 6.43. The van der Waals surface area contributed by atoms with Crippen molar-refractivity contribution in [1.29, 1.82) is 0 Å². The van der Waals surface area contributed by atoms with Gasteiger partial charge in [0.05, 0.1) is 19.8 Å². The van der Waals surface area contributed by atoms with Crippen LogP contribution in [0.1, 0.15) is 35.7 Å². The number of fused-ring (bicyclic) bond motifs is 1. The van der Waals surface area contributed by atoms with Crippen LogP contribution in [0.4, 0.5) is 0 Å². The van der Waals surface area contributed by atoms with E-state index in [4.69, 9.17) is 9.84 Å². The number of morpholine rings is 1. The summed E-state index contributed by atoms with van der Waals surface area (Å²) in [5.74, 6) is 1.23. The quantitative estimate of drug-likeness (QED) is 0.713. The lowest BCUT2D eigenvalue weighted by Gasteiger charge is -2.25. The number of nitrogens with zero attached hydrogens (tertiary/aromatic N) is 5. The molecule has 3 aromatic rings. The Morgan fingerprint density at radius 2 is 1.96 bits per heavy atom. The van der Waals surface area contributed by atoms with E-state index >= 15 is 0 Å². The Morgan fingerprint density at radius 3 is 2.71 bits per heavy atom.